The van der Waals surface area contributed by atoms with Gasteiger partial charge in [-0.3, -0.25) is 4.55 Å². The van der Waals surface area contributed by atoms with Crippen LogP contribution in [0.15, 0.2) is 36.4 Å². The van der Waals surface area contributed by atoms with Gasteiger partial charge in [0.25, 0.3) is 10.1 Å². The number of hydrogen-bond acceptors (Lipinski definition) is 4. The Kier molecular flexibility index (Phi) is 10.0. The summed E-state index contributed by atoms with van der Waals surface area (Å²) >= 11 is 0. The van der Waals surface area contributed by atoms with Crippen molar-refractivity contribution in [2.24, 2.45) is 0 Å². The van der Waals surface area contributed by atoms with Gasteiger partial charge in [0.1, 0.15) is 5.82 Å². The Morgan fingerprint density at radius 1 is 1.08 bits per heavy atom. The van der Waals surface area contributed by atoms with E-state index in [1.165, 1.54) is 31.0 Å². The molecule has 218 valence electrons. The quantitative estimate of drug-likeness (QED) is 0.369. The fourth-order valence-corrected chi connectivity index (χ4v) is 4.04. The molecule has 3 rings (SSSR count). The molecule has 2 amide bonds. The highest BCUT2D eigenvalue weighted by Gasteiger charge is 2.38. The van der Waals surface area contributed by atoms with E-state index in [1.807, 2.05) is 0 Å². The van der Waals surface area contributed by atoms with Gasteiger partial charge in [-0.25, -0.2) is 9.18 Å². The van der Waals surface area contributed by atoms with Crippen molar-refractivity contribution in [1.29, 1.82) is 0 Å². The third kappa shape index (κ3) is 9.07. The predicted molar refractivity (Wildman–Crippen MR) is 129 cm³/mol. The van der Waals surface area contributed by atoms with Gasteiger partial charge in [-0.1, -0.05) is 6.07 Å². The first kappa shape index (κ1) is 32.3. The summed E-state index contributed by atoms with van der Waals surface area (Å²) in [5.41, 5.74) is -1.85. The molecule has 39 heavy (non-hydrogen) atoms. The lowest BCUT2D eigenvalue weighted by molar-refractivity contribution is -0.143. The number of alkyl halides is 6. The van der Waals surface area contributed by atoms with Crippen LogP contribution in [0.3, 0.4) is 0 Å². The lowest BCUT2D eigenvalue weighted by Gasteiger charge is -2.40. The summed E-state index contributed by atoms with van der Waals surface area (Å²) in [7, 11) is -2.34. The highest BCUT2D eigenvalue weighted by atomic mass is 32.2. The number of hydrogen-bond donors (Lipinski definition) is 2. The smallest absolute Gasteiger partial charge is 0.321 e. The van der Waals surface area contributed by atoms with Gasteiger partial charge in [0.15, 0.2) is 0 Å². The lowest BCUT2D eigenvalue weighted by Crippen LogP contribution is -2.52. The number of urea groups is 1. The van der Waals surface area contributed by atoms with E-state index in [0.29, 0.717) is 42.6 Å². The predicted octanol–water partition coefficient (Wildman–Crippen LogP) is 5.44. The number of rotatable bonds is 3. The van der Waals surface area contributed by atoms with E-state index in [-0.39, 0.29) is 18.2 Å². The molecule has 2 atom stereocenters. The van der Waals surface area contributed by atoms with Crippen LogP contribution in [0.1, 0.15) is 46.8 Å². The maximum atomic E-state index is 13.6. The Balaban J connectivity index is 0.000000976. The molecule has 0 radical (unpaired) electrons. The zero-order valence-corrected chi connectivity index (χ0v) is 22.2. The van der Waals surface area contributed by atoms with Crippen molar-refractivity contribution in [2.45, 2.75) is 38.3 Å². The molecular formula is C24H28F7N3O4S. The number of nitrogens with one attached hydrogen (secondary N) is 1. The minimum absolute atomic E-state index is 0.0572. The van der Waals surface area contributed by atoms with Crippen LogP contribution < -0.4 is 5.32 Å². The van der Waals surface area contributed by atoms with Gasteiger partial charge in [0.2, 0.25) is 0 Å². The zero-order valence-electron chi connectivity index (χ0n) is 21.4. The van der Waals surface area contributed by atoms with E-state index in [2.05, 4.69) is 5.32 Å². The maximum absolute atomic E-state index is 13.6. The Morgan fingerprint density at radius 3 is 2.05 bits per heavy atom. The molecule has 0 bridgehead atoms. The van der Waals surface area contributed by atoms with Gasteiger partial charge in [-0.2, -0.15) is 34.8 Å². The first-order valence-electron chi connectivity index (χ1n) is 11.4. The van der Waals surface area contributed by atoms with Crippen molar-refractivity contribution in [3.63, 3.8) is 0 Å². The minimum atomic E-state index is -4.98. The summed E-state index contributed by atoms with van der Waals surface area (Å²) in [5.74, 6) is -0.432. The Morgan fingerprint density at radius 2 is 1.59 bits per heavy atom. The molecule has 7 nitrogen and oxygen atoms in total. The van der Waals surface area contributed by atoms with Crippen LogP contribution in [0.5, 0.6) is 0 Å². The van der Waals surface area contributed by atoms with Crippen molar-refractivity contribution in [2.75, 3.05) is 32.9 Å². The Hall–Kier alpha value is -2.91. The van der Waals surface area contributed by atoms with Crippen LogP contribution in [0.4, 0.5) is 35.5 Å². The number of carbonyl (C=O) groups excluding carboxylic acids is 1. The normalized spacial score (nSPS) is 17.2. The lowest BCUT2D eigenvalue weighted by atomic mass is 9.98. The van der Waals surface area contributed by atoms with Crippen molar-refractivity contribution < 1.29 is 48.5 Å². The first-order chi connectivity index (χ1) is 17.7. The summed E-state index contributed by atoms with van der Waals surface area (Å²) in [6, 6.07) is 3.36. The molecule has 0 aromatic heterocycles. The summed E-state index contributed by atoms with van der Waals surface area (Å²) in [4.78, 5) is 16.0. The number of piperazine rings is 1. The van der Waals surface area contributed by atoms with E-state index in [4.69, 9.17) is 4.55 Å². The van der Waals surface area contributed by atoms with Gasteiger partial charge in [-0.05, 0) is 60.9 Å². The molecule has 0 spiro atoms. The highest BCUT2D eigenvalue weighted by Crippen LogP contribution is 2.38. The summed E-state index contributed by atoms with van der Waals surface area (Å²) in [6.07, 6.45) is -9.25. The van der Waals surface area contributed by atoms with E-state index in [9.17, 15) is 43.9 Å². The number of nitrogens with zero attached hydrogens (tertiary/aromatic N) is 2. The molecule has 2 N–H and O–H groups in total. The molecule has 1 fully saturated rings. The average Bonchev–Trinajstić information content (AvgIpc) is 2.80. The fourth-order valence-electron chi connectivity index (χ4n) is 4.04. The monoisotopic (exact) mass is 587 g/mol. The average molecular weight is 588 g/mol. The Bertz CT molecular complexity index is 1240. The maximum Gasteiger partial charge on any atom is 0.416 e. The van der Waals surface area contributed by atoms with E-state index >= 15 is 0 Å². The second kappa shape index (κ2) is 12.1. The molecule has 2 aromatic rings. The minimum Gasteiger partial charge on any atom is -0.321 e. The molecule has 1 unspecified atom stereocenters. The van der Waals surface area contributed by atoms with Crippen LogP contribution in [0.25, 0.3) is 0 Å². The molecular weight excluding hydrogens is 559 g/mol. The van der Waals surface area contributed by atoms with Crippen molar-refractivity contribution in [3.8, 4) is 0 Å². The van der Waals surface area contributed by atoms with E-state index in [0.717, 1.165) is 4.90 Å². The fraction of sp³-hybridized carbons (Fsp3) is 0.458. The van der Waals surface area contributed by atoms with Gasteiger partial charge in [0.05, 0.1) is 29.5 Å². The van der Waals surface area contributed by atoms with Crippen molar-refractivity contribution in [1.82, 2.24) is 15.1 Å². The number of halogens is 7. The van der Waals surface area contributed by atoms with Crippen molar-refractivity contribution >= 4 is 16.1 Å². The number of aryl methyl sites for hydroxylation is 1. The number of amides is 2. The van der Waals surface area contributed by atoms with Gasteiger partial charge >= 0.3 is 18.4 Å². The van der Waals surface area contributed by atoms with Crippen LogP contribution in [-0.4, -0.2) is 61.7 Å². The molecule has 1 heterocycles. The molecule has 2 aromatic carbocycles. The molecule has 0 saturated carbocycles. The van der Waals surface area contributed by atoms with Crippen LogP contribution in [0, 0.1) is 12.7 Å². The highest BCUT2D eigenvalue weighted by molar-refractivity contribution is 7.85. The van der Waals surface area contributed by atoms with Crippen LogP contribution >= 0.6 is 0 Å². The standard InChI is InChI=1S/C23H24F7N3O.CH4O3S/c1-13-8-18(24)4-5-19(13)20-12-31-6-7-33(20)21(34)32(3)14(2)15-9-16(22(25,26)27)11-17(10-15)23(28,29)30;1-5(2,3)4/h4-5,8-11,14,20,31H,6-7,12H2,1-3H3;1H3,(H,2,3,4)/t14-,20?;/m1./s1. The second-order valence-electron chi connectivity index (χ2n) is 9.06. The van der Waals surface area contributed by atoms with Gasteiger partial charge in [0, 0.05) is 26.7 Å². The third-order valence-corrected chi connectivity index (χ3v) is 6.06. The second-order valence-corrected chi connectivity index (χ2v) is 10.5. The largest absolute Gasteiger partial charge is 0.416 e. The molecule has 15 heteroatoms. The van der Waals surface area contributed by atoms with Crippen molar-refractivity contribution in [3.05, 3.63) is 70.0 Å². The van der Waals surface area contributed by atoms with Crippen LogP contribution in [0.2, 0.25) is 0 Å². The zero-order chi connectivity index (χ0) is 29.9. The topological polar surface area (TPSA) is 90.0 Å². The number of carbonyl (C=O) groups is 1. The summed E-state index contributed by atoms with van der Waals surface area (Å²) in [6.45, 7) is 4.14. The molecule has 1 aliphatic heterocycles. The van der Waals surface area contributed by atoms with E-state index < -0.39 is 57.5 Å². The number of benzene rings is 2. The molecule has 1 saturated heterocycles. The summed E-state index contributed by atoms with van der Waals surface area (Å²) < 4.78 is 119. The SMILES string of the molecule is CS(=O)(=O)O.Cc1cc(F)ccc1C1CNCCN1C(=O)N(C)[C@H](C)c1cc(C(F)(F)F)cc(C(F)(F)F)c1. The molecule has 1 aliphatic rings. The summed E-state index contributed by atoms with van der Waals surface area (Å²) in [5, 5.41) is 3.15. The van der Waals surface area contributed by atoms with E-state index in [1.54, 1.807) is 13.0 Å². The van der Waals surface area contributed by atoms with Gasteiger partial charge < -0.3 is 15.1 Å². The van der Waals surface area contributed by atoms with Gasteiger partial charge in [-0.15, -0.1) is 0 Å². The molecule has 0 aliphatic carbocycles. The first-order valence-corrected chi connectivity index (χ1v) is 13.3. The van der Waals surface area contributed by atoms with Crippen LogP contribution in [-0.2, 0) is 22.5 Å². The third-order valence-electron chi connectivity index (χ3n) is 6.06. The Labute approximate surface area is 221 Å².